The molecule has 0 spiro atoms. The van der Waals surface area contributed by atoms with E-state index >= 15 is 0 Å². The molecule has 3 nitrogen and oxygen atoms in total. The number of benzene rings is 2. The van der Waals surface area contributed by atoms with Gasteiger partial charge in [-0.25, -0.2) is 0 Å². The van der Waals surface area contributed by atoms with Gasteiger partial charge in [0.25, 0.3) is 0 Å². The van der Waals surface area contributed by atoms with Crippen LogP contribution in [0, 0.1) is 5.92 Å². The molecule has 22 heavy (non-hydrogen) atoms. The zero-order valence-corrected chi connectivity index (χ0v) is 12.7. The Morgan fingerprint density at radius 3 is 1.95 bits per heavy atom. The standard InChI is InChI=1S/C19H22N2O/c20-18(22)19(15-8-3-1-4-9-15,16-10-5-2-6-11-16)17-12-7-13-21-14-17/h1-6,8-11,17,21H,7,12-14H2,(H2,20,22). The van der Waals surface area contributed by atoms with Crippen LogP contribution in [0.3, 0.4) is 0 Å². The van der Waals surface area contributed by atoms with Gasteiger partial charge >= 0.3 is 0 Å². The largest absolute Gasteiger partial charge is 0.369 e. The molecule has 1 unspecified atom stereocenters. The van der Waals surface area contributed by atoms with Crippen molar-refractivity contribution in [3.63, 3.8) is 0 Å². The molecule has 1 heterocycles. The van der Waals surface area contributed by atoms with Gasteiger partial charge in [0, 0.05) is 0 Å². The van der Waals surface area contributed by atoms with Gasteiger partial charge in [0.1, 0.15) is 5.41 Å². The minimum Gasteiger partial charge on any atom is -0.369 e. The third kappa shape index (κ3) is 2.42. The molecule has 1 aliphatic rings. The Labute approximate surface area is 131 Å². The fourth-order valence-electron chi connectivity index (χ4n) is 3.75. The predicted octanol–water partition coefficient (Wildman–Crippen LogP) is 2.46. The molecule has 0 saturated carbocycles. The Morgan fingerprint density at radius 1 is 1.00 bits per heavy atom. The summed E-state index contributed by atoms with van der Waals surface area (Å²) in [6, 6.07) is 19.9. The molecule has 1 amide bonds. The quantitative estimate of drug-likeness (QED) is 0.910. The maximum absolute atomic E-state index is 12.7. The van der Waals surface area contributed by atoms with Crippen LogP contribution in [0.4, 0.5) is 0 Å². The van der Waals surface area contributed by atoms with Crippen molar-refractivity contribution in [2.24, 2.45) is 11.7 Å². The lowest BCUT2D eigenvalue weighted by Crippen LogP contribution is -2.52. The van der Waals surface area contributed by atoms with E-state index in [0.717, 1.165) is 37.1 Å². The van der Waals surface area contributed by atoms with Gasteiger partial charge in [0.2, 0.25) is 5.91 Å². The van der Waals surface area contributed by atoms with Crippen molar-refractivity contribution in [1.82, 2.24) is 5.32 Å². The monoisotopic (exact) mass is 294 g/mol. The zero-order valence-electron chi connectivity index (χ0n) is 12.7. The zero-order chi connectivity index (χ0) is 15.4. The number of piperidine rings is 1. The number of carbonyl (C=O) groups is 1. The van der Waals surface area contributed by atoms with Crippen molar-refractivity contribution in [3.8, 4) is 0 Å². The Kier molecular flexibility index (Phi) is 4.25. The molecule has 1 atom stereocenters. The first-order valence-corrected chi connectivity index (χ1v) is 7.88. The van der Waals surface area contributed by atoms with Crippen LogP contribution in [-0.2, 0) is 10.2 Å². The number of carbonyl (C=O) groups excluding carboxylic acids is 1. The summed E-state index contributed by atoms with van der Waals surface area (Å²) in [4.78, 5) is 12.7. The highest BCUT2D eigenvalue weighted by Crippen LogP contribution is 2.42. The summed E-state index contributed by atoms with van der Waals surface area (Å²) in [6.07, 6.45) is 2.07. The van der Waals surface area contributed by atoms with Crippen LogP contribution in [-0.4, -0.2) is 19.0 Å². The smallest absolute Gasteiger partial charge is 0.232 e. The first-order chi connectivity index (χ1) is 10.8. The molecule has 2 aromatic carbocycles. The fraction of sp³-hybridized carbons (Fsp3) is 0.316. The molecule has 1 aliphatic heterocycles. The topological polar surface area (TPSA) is 55.1 Å². The Hall–Kier alpha value is -2.13. The summed E-state index contributed by atoms with van der Waals surface area (Å²) >= 11 is 0. The van der Waals surface area contributed by atoms with Crippen LogP contribution in [0.5, 0.6) is 0 Å². The highest BCUT2D eigenvalue weighted by molar-refractivity contribution is 5.91. The maximum atomic E-state index is 12.7. The van der Waals surface area contributed by atoms with Crippen molar-refractivity contribution in [3.05, 3.63) is 71.8 Å². The molecule has 2 aromatic rings. The first kappa shape index (κ1) is 14.8. The van der Waals surface area contributed by atoms with E-state index in [9.17, 15) is 4.79 Å². The molecular formula is C19H22N2O. The summed E-state index contributed by atoms with van der Waals surface area (Å²) in [6.45, 7) is 1.82. The lowest BCUT2D eigenvalue weighted by Gasteiger charge is -2.41. The van der Waals surface area contributed by atoms with Crippen LogP contribution in [0.25, 0.3) is 0 Å². The van der Waals surface area contributed by atoms with Crippen molar-refractivity contribution >= 4 is 5.91 Å². The summed E-state index contributed by atoms with van der Waals surface area (Å²) in [7, 11) is 0. The average molecular weight is 294 g/mol. The van der Waals surface area contributed by atoms with Crippen LogP contribution < -0.4 is 11.1 Å². The van der Waals surface area contributed by atoms with E-state index in [4.69, 9.17) is 5.73 Å². The van der Waals surface area contributed by atoms with E-state index in [1.165, 1.54) is 0 Å². The van der Waals surface area contributed by atoms with E-state index in [-0.39, 0.29) is 11.8 Å². The van der Waals surface area contributed by atoms with Crippen LogP contribution in [0.2, 0.25) is 0 Å². The van der Waals surface area contributed by atoms with Gasteiger partial charge in [-0.15, -0.1) is 0 Å². The van der Waals surface area contributed by atoms with Crippen LogP contribution in [0.1, 0.15) is 24.0 Å². The van der Waals surface area contributed by atoms with Crippen molar-refractivity contribution in [2.45, 2.75) is 18.3 Å². The van der Waals surface area contributed by atoms with E-state index in [1.54, 1.807) is 0 Å². The minimum absolute atomic E-state index is 0.170. The fourth-order valence-corrected chi connectivity index (χ4v) is 3.75. The molecule has 3 N–H and O–H groups in total. The second kappa shape index (κ2) is 6.32. The van der Waals surface area contributed by atoms with Gasteiger partial charge in [-0.05, 0) is 43.0 Å². The lowest BCUT2D eigenvalue weighted by molar-refractivity contribution is -0.124. The summed E-state index contributed by atoms with van der Waals surface area (Å²) in [5.41, 5.74) is 7.21. The molecule has 3 rings (SSSR count). The van der Waals surface area contributed by atoms with Gasteiger partial charge in [-0.3, -0.25) is 4.79 Å². The van der Waals surface area contributed by atoms with Crippen molar-refractivity contribution in [1.29, 1.82) is 0 Å². The van der Waals surface area contributed by atoms with E-state index in [1.807, 2.05) is 60.7 Å². The molecule has 0 radical (unpaired) electrons. The molecule has 0 aromatic heterocycles. The van der Waals surface area contributed by atoms with Crippen molar-refractivity contribution in [2.75, 3.05) is 13.1 Å². The molecule has 0 aliphatic carbocycles. The Morgan fingerprint density at radius 2 is 1.55 bits per heavy atom. The van der Waals surface area contributed by atoms with Crippen molar-refractivity contribution < 1.29 is 4.79 Å². The molecule has 1 saturated heterocycles. The van der Waals surface area contributed by atoms with Gasteiger partial charge in [-0.2, -0.15) is 0 Å². The van der Waals surface area contributed by atoms with Crippen LogP contribution >= 0.6 is 0 Å². The number of hydrogen-bond donors (Lipinski definition) is 2. The molecule has 0 bridgehead atoms. The Bertz CT molecular complexity index is 579. The highest BCUT2D eigenvalue weighted by atomic mass is 16.1. The number of amides is 1. The number of nitrogens with two attached hydrogens (primary N) is 1. The van der Waals surface area contributed by atoms with Gasteiger partial charge in [0.05, 0.1) is 0 Å². The number of nitrogens with one attached hydrogen (secondary N) is 1. The molecule has 114 valence electrons. The first-order valence-electron chi connectivity index (χ1n) is 7.88. The average Bonchev–Trinajstić information content (AvgIpc) is 2.58. The highest BCUT2D eigenvalue weighted by Gasteiger charge is 2.47. The second-order valence-corrected chi connectivity index (χ2v) is 5.95. The number of primary amides is 1. The number of hydrogen-bond acceptors (Lipinski definition) is 2. The normalized spacial score (nSPS) is 18.8. The molecular weight excluding hydrogens is 272 g/mol. The number of rotatable bonds is 4. The van der Waals surface area contributed by atoms with E-state index in [2.05, 4.69) is 5.32 Å². The Balaban J connectivity index is 2.21. The lowest BCUT2D eigenvalue weighted by atomic mass is 9.63. The summed E-state index contributed by atoms with van der Waals surface area (Å²) in [5, 5.41) is 3.43. The second-order valence-electron chi connectivity index (χ2n) is 5.95. The van der Waals surface area contributed by atoms with E-state index in [0.29, 0.717) is 0 Å². The summed E-state index contributed by atoms with van der Waals surface area (Å²) in [5.74, 6) is -0.0952. The third-order valence-corrected chi connectivity index (χ3v) is 4.76. The van der Waals surface area contributed by atoms with Gasteiger partial charge in [0.15, 0.2) is 0 Å². The predicted molar refractivity (Wildman–Crippen MR) is 88.5 cm³/mol. The maximum Gasteiger partial charge on any atom is 0.232 e. The molecule has 3 heteroatoms. The minimum atomic E-state index is -0.768. The van der Waals surface area contributed by atoms with Gasteiger partial charge < -0.3 is 11.1 Å². The van der Waals surface area contributed by atoms with E-state index < -0.39 is 5.41 Å². The SMILES string of the molecule is NC(=O)C(c1ccccc1)(c1ccccc1)C1CCCNC1. The summed E-state index contributed by atoms with van der Waals surface area (Å²) < 4.78 is 0. The van der Waals surface area contributed by atoms with Gasteiger partial charge in [-0.1, -0.05) is 60.7 Å². The third-order valence-electron chi connectivity index (χ3n) is 4.76. The molecule has 1 fully saturated rings. The van der Waals surface area contributed by atoms with Crippen LogP contribution in [0.15, 0.2) is 60.7 Å².